The molecular weight excluding hydrogens is 289 g/mol. The number of rotatable bonds is 4. The van der Waals surface area contributed by atoms with Crippen LogP contribution in [-0.4, -0.2) is 37.3 Å². The van der Waals surface area contributed by atoms with Crippen molar-refractivity contribution in [2.45, 2.75) is 19.0 Å². The first-order chi connectivity index (χ1) is 10.2. The molecule has 3 rings (SSSR count). The van der Waals surface area contributed by atoms with Crippen molar-refractivity contribution in [1.29, 1.82) is 0 Å². The van der Waals surface area contributed by atoms with Crippen LogP contribution in [0.5, 0.6) is 5.75 Å². The lowest BCUT2D eigenvalue weighted by atomic mass is 10.1. The lowest BCUT2D eigenvalue weighted by Gasteiger charge is -2.28. The molecule has 0 radical (unpaired) electrons. The van der Waals surface area contributed by atoms with E-state index in [1.807, 2.05) is 36.4 Å². The predicted octanol–water partition coefficient (Wildman–Crippen LogP) is 4.31. The van der Waals surface area contributed by atoms with E-state index in [-0.39, 0.29) is 0 Å². The number of likely N-dealkylation sites (tertiary alicyclic amines) is 1. The van der Waals surface area contributed by atoms with Crippen molar-refractivity contribution in [2.24, 2.45) is 0 Å². The van der Waals surface area contributed by atoms with Crippen molar-refractivity contribution in [1.82, 2.24) is 4.90 Å². The maximum atomic E-state index is 13.1. The van der Waals surface area contributed by atoms with Crippen molar-refractivity contribution in [3.8, 4) is 5.75 Å². The fourth-order valence-corrected chi connectivity index (χ4v) is 2.92. The standard InChI is InChI=1S/C17H19ClFNO/c18-14-5-4-13-2-1-3-17(16(13)12-14)21-11-10-20-8-6-15(19)7-9-20/h1-5,12,15H,6-11H2. The summed E-state index contributed by atoms with van der Waals surface area (Å²) in [7, 11) is 0. The monoisotopic (exact) mass is 307 g/mol. The average molecular weight is 308 g/mol. The molecule has 0 amide bonds. The fourth-order valence-electron chi connectivity index (χ4n) is 2.75. The second kappa shape index (κ2) is 6.63. The zero-order chi connectivity index (χ0) is 14.7. The molecule has 21 heavy (non-hydrogen) atoms. The number of hydrogen-bond acceptors (Lipinski definition) is 2. The third-order valence-electron chi connectivity index (χ3n) is 3.99. The molecule has 0 aromatic heterocycles. The van der Waals surface area contributed by atoms with Gasteiger partial charge in [0.2, 0.25) is 0 Å². The number of alkyl halides is 1. The highest BCUT2D eigenvalue weighted by Crippen LogP contribution is 2.28. The van der Waals surface area contributed by atoms with Crippen molar-refractivity contribution in [3.05, 3.63) is 41.4 Å². The smallest absolute Gasteiger partial charge is 0.127 e. The van der Waals surface area contributed by atoms with Crippen LogP contribution in [0.3, 0.4) is 0 Å². The van der Waals surface area contributed by atoms with Gasteiger partial charge in [0.1, 0.15) is 18.5 Å². The molecule has 0 aliphatic carbocycles. The van der Waals surface area contributed by atoms with Crippen LogP contribution in [0.4, 0.5) is 4.39 Å². The molecule has 0 atom stereocenters. The van der Waals surface area contributed by atoms with Crippen LogP contribution in [0.25, 0.3) is 10.8 Å². The normalized spacial score (nSPS) is 17.2. The average Bonchev–Trinajstić information content (AvgIpc) is 2.50. The Morgan fingerprint density at radius 2 is 2.00 bits per heavy atom. The summed E-state index contributed by atoms with van der Waals surface area (Å²) in [6, 6.07) is 11.8. The maximum Gasteiger partial charge on any atom is 0.127 e. The predicted molar refractivity (Wildman–Crippen MR) is 85.0 cm³/mol. The first kappa shape index (κ1) is 14.6. The topological polar surface area (TPSA) is 12.5 Å². The Bertz CT molecular complexity index is 611. The Balaban J connectivity index is 1.61. The fraction of sp³-hybridized carbons (Fsp3) is 0.412. The van der Waals surface area contributed by atoms with Crippen molar-refractivity contribution >= 4 is 22.4 Å². The van der Waals surface area contributed by atoms with E-state index in [1.54, 1.807) is 0 Å². The van der Waals surface area contributed by atoms with E-state index < -0.39 is 6.17 Å². The number of ether oxygens (including phenoxy) is 1. The second-order valence-electron chi connectivity index (χ2n) is 5.49. The van der Waals surface area contributed by atoms with Crippen molar-refractivity contribution in [3.63, 3.8) is 0 Å². The van der Waals surface area contributed by atoms with E-state index in [9.17, 15) is 4.39 Å². The molecule has 1 fully saturated rings. The van der Waals surface area contributed by atoms with Gasteiger partial charge < -0.3 is 4.74 Å². The molecule has 2 aromatic carbocycles. The molecule has 0 unspecified atom stereocenters. The summed E-state index contributed by atoms with van der Waals surface area (Å²) in [5.41, 5.74) is 0. The Kier molecular flexibility index (Phi) is 4.61. The highest BCUT2D eigenvalue weighted by molar-refractivity contribution is 6.31. The van der Waals surface area contributed by atoms with E-state index in [0.717, 1.165) is 36.2 Å². The van der Waals surface area contributed by atoms with Gasteiger partial charge in [-0.05, 0) is 36.4 Å². The Labute approximate surface area is 129 Å². The van der Waals surface area contributed by atoms with Gasteiger partial charge in [-0.25, -0.2) is 4.39 Å². The summed E-state index contributed by atoms with van der Waals surface area (Å²) in [4.78, 5) is 2.26. The lowest BCUT2D eigenvalue weighted by Crippen LogP contribution is -2.37. The van der Waals surface area contributed by atoms with Crippen molar-refractivity contribution in [2.75, 3.05) is 26.2 Å². The van der Waals surface area contributed by atoms with Gasteiger partial charge >= 0.3 is 0 Å². The Morgan fingerprint density at radius 1 is 1.19 bits per heavy atom. The van der Waals surface area contributed by atoms with Crippen LogP contribution < -0.4 is 4.74 Å². The van der Waals surface area contributed by atoms with Crippen LogP contribution in [-0.2, 0) is 0 Å². The zero-order valence-electron chi connectivity index (χ0n) is 11.9. The van der Waals surface area contributed by atoms with Gasteiger partial charge in [0.15, 0.2) is 0 Å². The van der Waals surface area contributed by atoms with Gasteiger partial charge in [-0.1, -0.05) is 29.8 Å². The first-order valence-corrected chi connectivity index (χ1v) is 7.78. The quantitative estimate of drug-likeness (QED) is 0.834. The van der Waals surface area contributed by atoms with Crippen LogP contribution in [0, 0.1) is 0 Å². The number of piperidine rings is 1. The van der Waals surface area contributed by atoms with Gasteiger partial charge in [0.05, 0.1) is 0 Å². The molecule has 4 heteroatoms. The molecule has 2 aromatic rings. The van der Waals surface area contributed by atoms with Gasteiger partial charge in [-0.2, -0.15) is 0 Å². The molecule has 1 aliphatic heterocycles. The molecule has 112 valence electrons. The minimum Gasteiger partial charge on any atom is -0.492 e. The SMILES string of the molecule is FC1CCN(CCOc2cccc3ccc(Cl)cc23)CC1. The molecular formula is C17H19ClFNO. The third-order valence-corrected chi connectivity index (χ3v) is 4.22. The molecule has 1 saturated heterocycles. The Hall–Kier alpha value is -1.32. The summed E-state index contributed by atoms with van der Waals surface area (Å²) in [5.74, 6) is 0.857. The molecule has 0 N–H and O–H groups in total. The number of halogens is 2. The molecule has 0 saturated carbocycles. The summed E-state index contributed by atoms with van der Waals surface area (Å²) in [6.07, 6.45) is 0.663. The molecule has 1 aliphatic rings. The molecule has 0 spiro atoms. The van der Waals surface area contributed by atoms with Crippen LogP contribution >= 0.6 is 11.6 Å². The third kappa shape index (κ3) is 3.66. The molecule has 1 heterocycles. The van der Waals surface area contributed by atoms with Crippen LogP contribution in [0.1, 0.15) is 12.8 Å². The van der Waals surface area contributed by atoms with E-state index in [2.05, 4.69) is 4.90 Å². The zero-order valence-corrected chi connectivity index (χ0v) is 12.7. The molecule has 2 nitrogen and oxygen atoms in total. The van der Waals surface area contributed by atoms with Crippen LogP contribution in [0.15, 0.2) is 36.4 Å². The first-order valence-electron chi connectivity index (χ1n) is 7.40. The Morgan fingerprint density at radius 3 is 2.81 bits per heavy atom. The van der Waals surface area contributed by atoms with E-state index >= 15 is 0 Å². The second-order valence-corrected chi connectivity index (χ2v) is 5.92. The number of nitrogens with zero attached hydrogens (tertiary/aromatic N) is 1. The minimum atomic E-state index is -0.623. The van der Waals surface area contributed by atoms with Gasteiger partial charge in [-0.15, -0.1) is 0 Å². The highest BCUT2D eigenvalue weighted by atomic mass is 35.5. The largest absolute Gasteiger partial charge is 0.492 e. The van der Waals surface area contributed by atoms with E-state index in [0.29, 0.717) is 24.5 Å². The summed E-state index contributed by atoms with van der Waals surface area (Å²) in [5, 5.41) is 2.87. The van der Waals surface area contributed by atoms with E-state index in [1.165, 1.54) is 0 Å². The lowest BCUT2D eigenvalue weighted by molar-refractivity contribution is 0.132. The maximum absolute atomic E-state index is 13.1. The van der Waals surface area contributed by atoms with Gasteiger partial charge in [0, 0.05) is 30.0 Å². The summed E-state index contributed by atoms with van der Waals surface area (Å²) in [6.45, 7) is 3.10. The highest BCUT2D eigenvalue weighted by Gasteiger charge is 2.17. The number of hydrogen-bond donors (Lipinski definition) is 0. The summed E-state index contributed by atoms with van der Waals surface area (Å²) < 4.78 is 19.0. The summed E-state index contributed by atoms with van der Waals surface area (Å²) >= 11 is 6.06. The molecule has 0 bridgehead atoms. The van der Waals surface area contributed by atoms with Crippen LogP contribution in [0.2, 0.25) is 5.02 Å². The van der Waals surface area contributed by atoms with E-state index in [4.69, 9.17) is 16.3 Å². The number of benzene rings is 2. The minimum absolute atomic E-state index is 0.614. The number of fused-ring (bicyclic) bond motifs is 1. The van der Waals surface area contributed by atoms with Crippen molar-refractivity contribution < 1.29 is 9.13 Å². The van der Waals surface area contributed by atoms with Gasteiger partial charge in [0.25, 0.3) is 0 Å². The van der Waals surface area contributed by atoms with Gasteiger partial charge in [-0.3, -0.25) is 4.90 Å².